The van der Waals surface area contributed by atoms with Crippen LogP contribution in [-0.2, 0) is 4.79 Å². The van der Waals surface area contributed by atoms with Crippen molar-refractivity contribution in [2.75, 3.05) is 0 Å². The first-order valence-corrected chi connectivity index (χ1v) is 5.23. The number of benzene rings is 1. The van der Waals surface area contributed by atoms with Crippen molar-refractivity contribution in [2.24, 2.45) is 0 Å². The minimum absolute atomic E-state index is 0.00905. The highest BCUT2D eigenvalue weighted by Crippen LogP contribution is 2.19. The van der Waals surface area contributed by atoms with Gasteiger partial charge >= 0.3 is 5.97 Å². The molecule has 1 heterocycles. The third-order valence-electron chi connectivity index (χ3n) is 2.41. The van der Waals surface area contributed by atoms with E-state index < -0.39 is 5.97 Å². The summed E-state index contributed by atoms with van der Waals surface area (Å²) in [6.45, 7) is 1.77. The van der Waals surface area contributed by atoms with Crippen LogP contribution in [-0.4, -0.2) is 31.3 Å². The third-order valence-corrected chi connectivity index (χ3v) is 2.41. The van der Waals surface area contributed by atoms with Gasteiger partial charge < -0.3 is 5.11 Å². The van der Waals surface area contributed by atoms with Gasteiger partial charge in [0.15, 0.2) is 5.82 Å². The molecule has 1 unspecified atom stereocenters. The van der Waals surface area contributed by atoms with Crippen molar-refractivity contribution in [3.8, 4) is 11.4 Å². The minimum Gasteiger partial charge on any atom is -0.481 e. The van der Waals surface area contributed by atoms with Gasteiger partial charge in [0.2, 0.25) is 0 Å². The van der Waals surface area contributed by atoms with Gasteiger partial charge in [-0.15, -0.1) is 5.10 Å². The molecule has 1 aromatic carbocycles. The molecular weight excluding hydrogens is 220 g/mol. The Balaban J connectivity index is 2.32. The lowest BCUT2D eigenvalue weighted by Crippen LogP contribution is -2.13. The maximum atomic E-state index is 10.7. The zero-order valence-corrected chi connectivity index (χ0v) is 9.32. The average Bonchev–Trinajstić information content (AvgIpc) is 2.78. The molecule has 0 aliphatic rings. The van der Waals surface area contributed by atoms with Crippen LogP contribution in [0.15, 0.2) is 30.3 Å². The van der Waals surface area contributed by atoms with Gasteiger partial charge in [0, 0.05) is 5.56 Å². The second kappa shape index (κ2) is 4.73. The summed E-state index contributed by atoms with van der Waals surface area (Å²) in [5, 5.41) is 20.1. The van der Waals surface area contributed by atoms with Crippen molar-refractivity contribution < 1.29 is 9.90 Å². The molecule has 0 bridgehead atoms. The Labute approximate surface area is 97.9 Å². The van der Waals surface area contributed by atoms with Gasteiger partial charge in [0.05, 0.1) is 12.5 Å². The molecule has 0 amide bonds. The molecule has 0 aliphatic heterocycles. The molecule has 0 fully saturated rings. The van der Waals surface area contributed by atoms with Crippen LogP contribution in [0, 0.1) is 0 Å². The van der Waals surface area contributed by atoms with E-state index in [9.17, 15) is 4.79 Å². The Morgan fingerprint density at radius 3 is 2.76 bits per heavy atom. The standard InChI is InChI=1S/C11H12N4O2/c1-8(7-10(16)17)15-11(12-13-14-15)9-5-3-2-4-6-9/h2-6,8H,7H2,1H3,(H,16,17). The van der Waals surface area contributed by atoms with E-state index in [0.29, 0.717) is 5.82 Å². The molecule has 0 radical (unpaired) electrons. The van der Waals surface area contributed by atoms with Crippen molar-refractivity contribution in [2.45, 2.75) is 19.4 Å². The fraction of sp³-hybridized carbons (Fsp3) is 0.273. The van der Waals surface area contributed by atoms with Gasteiger partial charge in [0.1, 0.15) is 0 Å². The molecular formula is C11H12N4O2. The van der Waals surface area contributed by atoms with E-state index in [-0.39, 0.29) is 12.5 Å². The Bertz CT molecular complexity index is 509. The van der Waals surface area contributed by atoms with Crippen LogP contribution < -0.4 is 0 Å². The van der Waals surface area contributed by atoms with Crippen molar-refractivity contribution in [1.82, 2.24) is 20.2 Å². The number of carboxylic acid groups (broad SMARTS) is 1. The highest BCUT2D eigenvalue weighted by molar-refractivity contribution is 5.67. The number of hydrogen-bond acceptors (Lipinski definition) is 4. The summed E-state index contributed by atoms with van der Waals surface area (Å²) < 4.78 is 1.53. The molecule has 1 N–H and O–H groups in total. The van der Waals surface area contributed by atoms with Crippen LogP contribution in [0.5, 0.6) is 0 Å². The summed E-state index contributed by atoms with van der Waals surface area (Å²) in [6.07, 6.45) is -0.00905. The van der Waals surface area contributed by atoms with Gasteiger partial charge in [-0.25, -0.2) is 4.68 Å². The van der Waals surface area contributed by atoms with E-state index in [1.807, 2.05) is 30.3 Å². The number of aliphatic carboxylic acids is 1. The number of carbonyl (C=O) groups is 1. The smallest absolute Gasteiger partial charge is 0.305 e. The maximum absolute atomic E-state index is 10.7. The summed E-state index contributed by atoms with van der Waals surface area (Å²) in [5.41, 5.74) is 0.870. The Kier molecular flexibility index (Phi) is 3.13. The van der Waals surface area contributed by atoms with E-state index in [1.165, 1.54) is 4.68 Å². The molecule has 0 saturated carbocycles. The molecule has 2 aromatic rings. The first-order valence-electron chi connectivity index (χ1n) is 5.23. The summed E-state index contributed by atoms with van der Waals surface area (Å²) in [4.78, 5) is 10.7. The van der Waals surface area contributed by atoms with E-state index in [4.69, 9.17) is 5.11 Å². The molecule has 2 rings (SSSR count). The summed E-state index contributed by atoms with van der Waals surface area (Å²) >= 11 is 0. The fourth-order valence-electron chi connectivity index (χ4n) is 1.61. The van der Waals surface area contributed by atoms with Gasteiger partial charge in [0.25, 0.3) is 0 Å². The van der Waals surface area contributed by atoms with E-state index in [2.05, 4.69) is 15.5 Å². The minimum atomic E-state index is -0.869. The highest BCUT2D eigenvalue weighted by atomic mass is 16.4. The zero-order valence-electron chi connectivity index (χ0n) is 9.32. The van der Waals surface area contributed by atoms with Crippen molar-refractivity contribution >= 4 is 5.97 Å². The fourth-order valence-corrected chi connectivity index (χ4v) is 1.61. The lowest BCUT2D eigenvalue weighted by molar-refractivity contribution is -0.137. The summed E-state index contributed by atoms with van der Waals surface area (Å²) in [6, 6.07) is 9.16. The molecule has 1 atom stereocenters. The molecule has 6 nitrogen and oxygen atoms in total. The molecule has 0 spiro atoms. The molecule has 0 aliphatic carbocycles. The van der Waals surface area contributed by atoms with Crippen molar-refractivity contribution in [3.05, 3.63) is 30.3 Å². The second-order valence-electron chi connectivity index (χ2n) is 3.76. The summed E-state index contributed by atoms with van der Waals surface area (Å²) in [5.74, 6) is -0.286. The number of aromatic nitrogens is 4. The third kappa shape index (κ3) is 2.47. The topological polar surface area (TPSA) is 80.9 Å². The number of rotatable bonds is 4. The molecule has 6 heteroatoms. The van der Waals surface area contributed by atoms with Gasteiger partial charge in [-0.2, -0.15) is 0 Å². The summed E-state index contributed by atoms with van der Waals surface area (Å²) in [7, 11) is 0. The molecule has 1 aromatic heterocycles. The van der Waals surface area contributed by atoms with Crippen molar-refractivity contribution in [1.29, 1.82) is 0 Å². The first-order chi connectivity index (χ1) is 8.18. The first kappa shape index (κ1) is 11.3. The normalized spacial score (nSPS) is 12.3. The molecule has 0 saturated heterocycles. The van der Waals surface area contributed by atoms with Crippen LogP contribution in [0.2, 0.25) is 0 Å². The lowest BCUT2D eigenvalue weighted by atomic mass is 10.2. The van der Waals surface area contributed by atoms with E-state index in [0.717, 1.165) is 5.56 Å². The Hall–Kier alpha value is -2.24. The molecule has 88 valence electrons. The van der Waals surface area contributed by atoms with Crippen molar-refractivity contribution in [3.63, 3.8) is 0 Å². The van der Waals surface area contributed by atoms with Crippen LogP contribution in [0.4, 0.5) is 0 Å². The number of nitrogens with zero attached hydrogens (tertiary/aromatic N) is 4. The largest absolute Gasteiger partial charge is 0.481 e. The quantitative estimate of drug-likeness (QED) is 0.861. The number of tetrazole rings is 1. The maximum Gasteiger partial charge on any atom is 0.305 e. The van der Waals surface area contributed by atoms with E-state index >= 15 is 0 Å². The number of carboxylic acids is 1. The zero-order chi connectivity index (χ0) is 12.3. The molecule has 17 heavy (non-hydrogen) atoms. The van der Waals surface area contributed by atoms with Crippen LogP contribution in [0.25, 0.3) is 11.4 Å². The number of hydrogen-bond donors (Lipinski definition) is 1. The second-order valence-corrected chi connectivity index (χ2v) is 3.76. The van der Waals surface area contributed by atoms with Gasteiger partial charge in [-0.1, -0.05) is 30.3 Å². The SMILES string of the molecule is CC(CC(=O)O)n1nnnc1-c1ccccc1. The van der Waals surface area contributed by atoms with Crippen LogP contribution in [0.1, 0.15) is 19.4 Å². The lowest BCUT2D eigenvalue weighted by Gasteiger charge is -2.10. The Morgan fingerprint density at radius 2 is 2.12 bits per heavy atom. The predicted molar refractivity (Wildman–Crippen MR) is 60.2 cm³/mol. The van der Waals surface area contributed by atoms with Crippen LogP contribution in [0.3, 0.4) is 0 Å². The van der Waals surface area contributed by atoms with Gasteiger partial charge in [-0.05, 0) is 17.4 Å². The predicted octanol–water partition coefficient (Wildman–Crippen LogP) is 1.38. The van der Waals surface area contributed by atoms with Crippen LogP contribution >= 0.6 is 0 Å². The Morgan fingerprint density at radius 1 is 1.41 bits per heavy atom. The average molecular weight is 232 g/mol. The monoisotopic (exact) mass is 232 g/mol. The van der Waals surface area contributed by atoms with E-state index in [1.54, 1.807) is 6.92 Å². The highest BCUT2D eigenvalue weighted by Gasteiger charge is 2.16. The van der Waals surface area contributed by atoms with Gasteiger partial charge in [-0.3, -0.25) is 4.79 Å².